The van der Waals surface area contributed by atoms with E-state index in [1.54, 1.807) is 54.7 Å². The largest absolute Gasteiger partial charge is 0.391 e. The van der Waals surface area contributed by atoms with Gasteiger partial charge >= 0.3 is 0 Å². The van der Waals surface area contributed by atoms with Crippen LogP contribution in [0, 0.1) is 11.8 Å². The van der Waals surface area contributed by atoms with Crippen LogP contribution in [-0.4, -0.2) is 58.1 Å². The molecular formula is C28H28N4O5. The van der Waals surface area contributed by atoms with Crippen molar-refractivity contribution in [3.8, 4) is 11.8 Å². The lowest BCUT2D eigenvalue weighted by Crippen LogP contribution is -2.48. The van der Waals surface area contributed by atoms with Crippen molar-refractivity contribution in [1.82, 2.24) is 15.6 Å². The van der Waals surface area contributed by atoms with E-state index in [9.17, 15) is 19.5 Å². The maximum absolute atomic E-state index is 12.4. The number of aliphatic hydroxyl groups is 2. The summed E-state index contributed by atoms with van der Waals surface area (Å²) in [5.41, 5.74) is 3.22. The van der Waals surface area contributed by atoms with Crippen LogP contribution < -0.4 is 16.0 Å². The summed E-state index contributed by atoms with van der Waals surface area (Å²) in [7, 11) is 0. The van der Waals surface area contributed by atoms with E-state index in [0.29, 0.717) is 17.8 Å². The molecule has 1 aromatic heterocycles. The molecule has 2 atom stereocenters. The number of aliphatic hydroxyl groups excluding tert-OH is 2. The fraction of sp³-hybridized carbons (Fsp3) is 0.214. The first-order valence-electron chi connectivity index (χ1n) is 11.6. The molecule has 0 saturated carbocycles. The van der Waals surface area contributed by atoms with Crippen LogP contribution in [0.2, 0.25) is 0 Å². The summed E-state index contributed by atoms with van der Waals surface area (Å²) in [4.78, 5) is 40.4. The number of anilines is 1. The van der Waals surface area contributed by atoms with Crippen molar-refractivity contribution in [3.63, 3.8) is 0 Å². The second kappa shape index (κ2) is 13.7. The van der Waals surface area contributed by atoms with E-state index >= 15 is 0 Å². The van der Waals surface area contributed by atoms with Crippen molar-refractivity contribution in [3.05, 3.63) is 95.3 Å². The number of pyridine rings is 1. The average molecular weight is 501 g/mol. The van der Waals surface area contributed by atoms with Crippen LogP contribution in [0.25, 0.3) is 0 Å². The van der Waals surface area contributed by atoms with Gasteiger partial charge in [-0.05, 0) is 67.6 Å². The summed E-state index contributed by atoms with van der Waals surface area (Å²) in [5, 5.41) is 27.0. The number of Topliss-reactive ketones (excluding diaryl/α,β-unsaturated/α-hetero) is 1. The molecule has 0 saturated heterocycles. The summed E-state index contributed by atoms with van der Waals surface area (Å²) in [5.74, 6) is 4.64. The minimum atomic E-state index is -1.19. The van der Waals surface area contributed by atoms with Gasteiger partial charge in [0.15, 0.2) is 5.78 Å². The third-order valence-electron chi connectivity index (χ3n) is 5.26. The lowest BCUT2D eigenvalue weighted by molar-refractivity contribution is -0.125. The Bertz CT molecular complexity index is 1260. The predicted octanol–water partition coefficient (Wildman–Crippen LogP) is 1.25. The Morgan fingerprint density at radius 3 is 2.16 bits per heavy atom. The first-order valence-corrected chi connectivity index (χ1v) is 11.6. The Kier molecular flexibility index (Phi) is 10.0. The van der Waals surface area contributed by atoms with Crippen molar-refractivity contribution in [1.29, 1.82) is 0 Å². The maximum Gasteiger partial charge on any atom is 0.251 e. The number of benzene rings is 2. The number of hydrogen-bond acceptors (Lipinski definition) is 7. The molecule has 0 bridgehead atoms. The molecule has 9 heteroatoms. The van der Waals surface area contributed by atoms with Crippen molar-refractivity contribution in [2.45, 2.75) is 25.6 Å². The highest BCUT2D eigenvalue weighted by molar-refractivity contribution is 5.98. The molecule has 0 fully saturated rings. The summed E-state index contributed by atoms with van der Waals surface area (Å²) in [6.07, 6.45) is 0.567. The number of aromatic nitrogens is 1. The monoisotopic (exact) mass is 500 g/mol. The van der Waals surface area contributed by atoms with E-state index in [-0.39, 0.29) is 18.0 Å². The van der Waals surface area contributed by atoms with Crippen LogP contribution in [-0.2, 0) is 16.1 Å². The zero-order valence-corrected chi connectivity index (χ0v) is 20.3. The Morgan fingerprint density at radius 2 is 1.59 bits per heavy atom. The zero-order chi connectivity index (χ0) is 26.6. The second-order valence-electron chi connectivity index (χ2n) is 8.19. The van der Waals surface area contributed by atoms with Crippen LogP contribution in [0.4, 0.5) is 5.69 Å². The van der Waals surface area contributed by atoms with Crippen LogP contribution >= 0.6 is 0 Å². The van der Waals surface area contributed by atoms with Crippen molar-refractivity contribution >= 4 is 23.3 Å². The van der Waals surface area contributed by atoms with Gasteiger partial charge in [0.25, 0.3) is 5.91 Å². The zero-order valence-electron chi connectivity index (χ0n) is 20.3. The smallest absolute Gasteiger partial charge is 0.251 e. The molecule has 3 aromatic rings. The predicted molar refractivity (Wildman–Crippen MR) is 138 cm³/mol. The summed E-state index contributed by atoms with van der Waals surface area (Å²) >= 11 is 0. The fourth-order valence-corrected chi connectivity index (χ4v) is 3.29. The highest BCUT2D eigenvalue weighted by atomic mass is 16.3. The molecule has 0 spiro atoms. The normalized spacial score (nSPS) is 12.0. The molecule has 190 valence electrons. The lowest BCUT2D eigenvalue weighted by Gasteiger charge is -2.19. The number of hydrogen-bond donors (Lipinski definition) is 5. The van der Waals surface area contributed by atoms with Crippen molar-refractivity contribution in [2.24, 2.45) is 0 Å². The van der Waals surface area contributed by atoms with E-state index < -0.39 is 30.4 Å². The molecule has 0 aliphatic heterocycles. The highest BCUT2D eigenvalue weighted by Crippen LogP contribution is 2.10. The Morgan fingerprint density at radius 1 is 0.946 bits per heavy atom. The van der Waals surface area contributed by atoms with Gasteiger partial charge in [-0.1, -0.05) is 17.9 Å². The van der Waals surface area contributed by atoms with Gasteiger partial charge in [0.2, 0.25) is 5.91 Å². The van der Waals surface area contributed by atoms with Crippen molar-refractivity contribution < 1.29 is 24.6 Å². The van der Waals surface area contributed by atoms with Gasteiger partial charge < -0.3 is 26.2 Å². The number of amides is 2. The number of nitrogens with one attached hydrogen (secondary N) is 3. The van der Waals surface area contributed by atoms with Crippen LogP contribution in [0.1, 0.15) is 34.1 Å². The Hall–Kier alpha value is -4.36. The number of carbonyl (C=O) groups excluding carboxylic acids is 3. The van der Waals surface area contributed by atoms with Crippen LogP contribution in [0.5, 0.6) is 0 Å². The topological polar surface area (TPSA) is 141 Å². The molecule has 3 rings (SSSR count). The first-order chi connectivity index (χ1) is 17.9. The molecule has 5 N–H and O–H groups in total. The van der Waals surface area contributed by atoms with E-state index in [1.165, 1.54) is 6.92 Å². The standard InChI is InChI=1S/C28H28N4O5/c1-19(34)27(25(35)18-33)32-28(37)22-11-7-20(8-12-22)5-6-21-9-13-23(14-10-21)31-26(36)17-29-16-24-4-2-3-15-30-24/h2-4,7-15,19,27,29,33-34H,16-18H2,1H3,(H,31,36)(H,32,37)/t19-,27+/m1/s1. The molecule has 2 aromatic carbocycles. The van der Waals surface area contributed by atoms with Gasteiger partial charge in [-0.2, -0.15) is 0 Å². The minimum absolute atomic E-state index is 0.156. The van der Waals surface area contributed by atoms with Gasteiger partial charge in [-0.3, -0.25) is 19.4 Å². The quantitative estimate of drug-likeness (QED) is 0.264. The molecule has 1 heterocycles. The molecule has 37 heavy (non-hydrogen) atoms. The molecule has 0 aliphatic rings. The number of ketones is 1. The van der Waals surface area contributed by atoms with Crippen molar-refractivity contribution in [2.75, 3.05) is 18.5 Å². The Labute approximate surface area is 215 Å². The van der Waals surface area contributed by atoms with E-state index in [1.807, 2.05) is 18.2 Å². The second-order valence-corrected chi connectivity index (χ2v) is 8.19. The fourth-order valence-electron chi connectivity index (χ4n) is 3.29. The minimum Gasteiger partial charge on any atom is -0.391 e. The molecule has 0 unspecified atom stereocenters. The average Bonchev–Trinajstić information content (AvgIpc) is 2.91. The van der Waals surface area contributed by atoms with Crippen LogP contribution in [0.15, 0.2) is 72.9 Å². The highest BCUT2D eigenvalue weighted by Gasteiger charge is 2.25. The number of rotatable bonds is 10. The third-order valence-corrected chi connectivity index (χ3v) is 5.26. The van der Waals surface area contributed by atoms with Gasteiger partial charge in [-0.15, -0.1) is 0 Å². The van der Waals surface area contributed by atoms with Gasteiger partial charge in [0.05, 0.1) is 18.3 Å². The SMILES string of the molecule is C[C@@H](O)[C@H](NC(=O)c1ccc(C#Cc2ccc(NC(=O)CNCc3ccccn3)cc2)cc1)C(=O)CO. The number of nitrogens with zero attached hydrogens (tertiary/aromatic N) is 1. The van der Waals surface area contributed by atoms with Gasteiger partial charge in [0, 0.05) is 35.1 Å². The molecular weight excluding hydrogens is 472 g/mol. The van der Waals surface area contributed by atoms with Gasteiger partial charge in [-0.25, -0.2) is 0 Å². The van der Waals surface area contributed by atoms with E-state index in [0.717, 1.165) is 11.3 Å². The van der Waals surface area contributed by atoms with E-state index in [4.69, 9.17) is 5.11 Å². The van der Waals surface area contributed by atoms with Crippen LogP contribution in [0.3, 0.4) is 0 Å². The lowest BCUT2D eigenvalue weighted by atomic mass is 10.1. The van der Waals surface area contributed by atoms with Gasteiger partial charge in [0.1, 0.15) is 12.6 Å². The van der Waals surface area contributed by atoms with E-state index in [2.05, 4.69) is 32.8 Å². The summed E-state index contributed by atoms with van der Waals surface area (Å²) < 4.78 is 0. The number of carbonyl (C=O) groups is 3. The third kappa shape index (κ3) is 8.66. The molecule has 0 radical (unpaired) electrons. The maximum atomic E-state index is 12.4. The summed E-state index contributed by atoms with van der Waals surface area (Å²) in [6, 6.07) is 18.0. The summed E-state index contributed by atoms with van der Waals surface area (Å²) in [6.45, 7) is 1.24. The molecule has 0 aliphatic carbocycles. The molecule has 2 amide bonds. The first kappa shape index (κ1) is 27.2. The molecule has 9 nitrogen and oxygen atoms in total. The Balaban J connectivity index is 1.51.